The minimum atomic E-state index is -0.467. The van der Waals surface area contributed by atoms with Crippen molar-refractivity contribution in [2.75, 3.05) is 18.1 Å². The molecule has 0 aliphatic carbocycles. The Balaban J connectivity index is 2.13. The Kier molecular flexibility index (Phi) is 3.39. The van der Waals surface area contributed by atoms with E-state index >= 15 is 0 Å². The van der Waals surface area contributed by atoms with Gasteiger partial charge in [-0.2, -0.15) is 0 Å². The van der Waals surface area contributed by atoms with Gasteiger partial charge in [-0.15, -0.1) is 11.3 Å². The highest BCUT2D eigenvalue weighted by molar-refractivity contribution is 7.14. The Morgan fingerprint density at radius 1 is 1.76 bits per heavy atom. The third-order valence-corrected chi connectivity index (χ3v) is 3.23. The molecule has 2 rings (SSSR count). The van der Waals surface area contributed by atoms with Crippen LogP contribution in [0.15, 0.2) is 5.38 Å². The van der Waals surface area contributed by atoms with Crippen LogP contribution in [0, 0.1) is 0 Å². The Hall–Kier alpha value is -1.47. The molecule has 1 aliphatic rings. The molecule has 0 aromatic carbocycles. The van der Waals surface area contributed by atoms with E-state index in [2.05, 4.69) is 4.98 Å². The number of anilines is 1. The third kappa shape index (κ3) is 2.45. The van der Waals surface area contributed by atoms with Crippen LogP contribution in [0.2, 0.25) is 0 Å². The minimum Gasteiger partial charge on any atom is -0.461 e. The van der Waals surface area contributed by atoms with Crippen molar-refractivity contribution in [3.8, 4) is 0 Å². The largest absolute Gasteiger partial charge is 0.461 e. The topological polar surface area (TPSA) is 85.5 Å². The number of rotatable bonds is 3. The van der Waals surface area contributed by atoms with Crippen molar-refractivity contribution in [3.05, 3.63) is 11.1 Å². The van der Waals surface area contributed by atoms with Crippen molar-refractivity contribution in [3.63, 3.8) is 0 Å². The van der Waals surface area contributed by atoms with Crippen LogP contribution >= 0.6 is 11.3 Å². The zero-order valence-corrected chi connectivity index (χ0v) is 10.2. The number of amides is 1. The molecule has 1 amide bonds. The quantitative estimate of drug-likeness (QED) is 0.789. The van der Waals surface area contributed by atoms with Gasteiger partial charge in [-0.25, -0.2) is 9.78 Å². The van der Waals surface area contributed by atoms with E-state index in [0.717, 1.165) is 0 Å². The fourth-order valence-corrected chi connectivity index (χ4v) is 2.43. The normalized spacial score (nSPS) is 19.8. The van der Waals surface area contributed by atoms with Crippen LogP contribution in [0.3, 0.4) is 0 Å². The summed E-state index contributed by atoms with van der Waals surface area (Å²) < 4.78 is 4.83. The number of carbonyl (C=O) groups is 2. The number of esters is 1. The highest BCUT2D eigenvalue weighted by Gasteiger charge is 2.30. The first-order valence-electron chi connectivity index (χ1n) is 5.30. The summed E-state index contributed by atoms with van der Waals surface area (Å²) in [7, 11) is 0. The fourth-order valence-electron chi connectivity index (χ4n) is 1.61. The molecule has 1 aliphatic heterocycles. The number of thiazole rings is 1. The Bertz CT molecular complexity index is 446. The second-order valence-corrected chi connectivity index (χ2v) is 4.54. The molecule has 1 aromatic heterocycles. The molecule has 1 atom stereocenters. The van der Waals surface area contributed by atoms with Gasteiger partial charge in [0.25, 0.3) is 0 Å². The van der Waals surface area contributed by atoms with E-state index in [9.17, 15) is 9.59 Å². The average Bonchev–Trinajstić information content (AvgIpc) is 2.85. The number of carbonyl (C=O) groups excluding carboxylic acids is 2. The molecule has 1 aromatic rings. The van der Waals surface area contributed by atoms with Crippen molar-refractivity contribution in [2.24, 2.45) is 5.73 Å². The van der Waals surface area contributed by atoms with Crippen molar-refractivity contribution in [1.82, 2.24) is 4.98 Å². The fraction of sp³-hybridized carbons (Fsp3) is 0.500. The lowest BCUT2D eigenvalue weighted by molar-refractivity contribution is -0.117. The van der Waals surface area contributed by atoms with Gasteiger partial charge in [-0.1, -0.05) is 0 Å². The molecule has 2 N–H and O–H groups in total. The summed E-state index contributed by atoms with van der Waals surface area (Å²) in [5.41, 5.74) is 5.93. The minimum absolute atomic E-state index is 0.0535. The van der Waals surface area contributed by atoms with Crippen LogP contribution in [-0.2, 0) is 9.53 Å². The Labute approximate surface area is 102 Å². The summed E-state index contributed by atoms with van der Waals surface area (Å²) in [4.78, 5) is 28.6. The predicted molar refractivity (Wildman–Crippen MR) is 63.0 cm³/mol. The Morgan fingerprint density at radius 3 is 3.12 bits per heavy atom. The van der Waals surface area contributed by atoms with Crippen LogP contribution in [-0.4, -0.2) is 36.1 Å². The van der Waals surface area contributed by atoms with E-state index < -0.39 is 5.97 Å². The van der Waals surface area contributed by atoms with E-state index in [1.807, 2.05) is 0 Å². The Morgan fingerprint density at radius 2 is 2.53 bits per heavy atom. The summed E-state index contributed by atoms with van der Waals surface area (Å²) >= 11 is 1.24. The first kappa shape index (κ1) is 12.0. The molecule has 6 nitrogen and oxygen atoms in total. The van der Waals surface area contributed by atoms with E-state index in [4.69, 9.17) is 10.5 Å². The number of nitrogens with zero attached hydrogens (tertiary/aromatic N) is 2. The summed E-state index contributed by atoms with van der Waals surface area (Å²) in [6.07, 6.45) is 0.328. The van der Waals surface area contributed by atoms with Gasteiger partial charge in [0.1, 0.15) is 0 Å². The lowest BCUT2D eigenvalue weighted by Gasteiger charge is -2.10. The number of aromatic nitrogens is 1. The second-order valence-electron chi connectivity index (χ2n) is 3.70. The van der Waals surface area contributed by atoms with Gasteiger partial charge >= 0.3 is 5.97 Å². The molecule has 17 heavy (non-hydrogen) atoms. The number of ether oxygens (including phenoxy) is 1. The predicted octanol–water partition coefficient (Wildman–Crippen LogP) is 0.384. The van der Waals surface area contributed by atoms with Crippen LogP contribution in [0.5, 0.6) is 0 Å². The van der Waals surface area contributed by atoms with E-state index in [0.29, 0.717) is 24.7 Å². The van der Waals surface area contributed by atoms with Crippen molar-refractivity contribution < 1.29 is 14.3 Å². The molecule has 0 bridgehead atoms. The average molecular weight is 255 g/mol. The molecule has 1 saturated heterocycles. The smallest absolute Gasteiger partial charge is 0.357 e. The zero-order valence-electron chi connectivity index (χ0n) is 9.38. The van der Waals surface area contributed by atoms with Gasteiger partial charge < -0.3 is 10.5 Å². The summed E-state index contributed by atoms with van der Waals surface area (Å²) in [6.45, 7) is 2.49. The third-order valence-electron chi connectivity index (χ3n) is 2.36. The molecular formula is C10H13N3O3S. The van der Waals surface area contributed by atoms with Crippen LogP contribution in [0.25, 0.3) is 0 Å². The maximum absolute atomic E-state index is 11.6. The number of hydrogen-bond donors (Lipinski definition) is 1. The zero-order chi connectivity index (χ0) is 12.4. The van der Waals surface area contributed by atoms with Gasteiger partial charge in [0, 0.05) is 24.4 Å². The van der Waals surface area contributed by atoms with Gasteiger partial charge in [0.2, 0.25) is 5.91 Å². The molecule has 1 unspecified atom stereocenters. The standard InChI is InChI=1S/C10H13N3O3S/c1-2-16-9(15)7-5-17-10(12-7)13-4-6(11)3-8(13)14/h5-6H,2-4,11H2,1H3. The highest BCUT2D eigenvalue weighted by Crippen LogP contribution is 2.25. The number of nitrogens with two attached hydrogens (primary N) is 1. The van der Waals surface area contributed by atoms with Gasteiger partial charge in [0.05, 0.1) is 6.61 Å². The maximum atomic E-state index is 11.6. The summed E-state index contributed by atoms with van der Waals surface area (Å²) in [5.74, 6) is -0.520. The van der Waals surface area contributed by atoms with Crippen LogP contribution in [0.4, 0.5) is 5.13 Å². The van der Waals surface area contributed by atoms with Crippen molar-refractivity contribution in [1.29, 1.82) is 0 Å². The molecule has 0 spiro atoms. The van der Waals surface area contributed by atoms with E-state index in [1.165, 1.54) is 16.2 Å². The molecular weight excluding hydrogens is 242 g/mol. The van der Waals surface area contributed by atoms with Gasteiger partial charge in [-0.05, 0) is 6.92 Å². The molecule has 7 heteroatoms. The van der Waals surface area contributed by atoms with Crippen LogP contribution in [0.1, 0.15) is 23.8 Å². The monoisotopic (exact) mass is 255 g/mol. The molecule has 92 valence electrons. The summed E-state index contributed by atoms with van der Waals surface area (Å²) in [6, 6.07) is -0.155. The highest BCUT2D eigenvalue weighted by atomic mass is 32.1. The summed E-state index contributed by atoms with van der Waals surface area (Å²) in [5, 5.41) is 2.09. The van der Waals surface area contributed by atoms with Crippen molar-refractivity contribution in [2.45, 2.75) is 19.4 Å². The molecule has 0 saturated carbocycles. The SMILES string of the molecule is CCOC(=O)c1csc(N2CC(N)CC2=O)n1. The van der Waals surface area contributed by atoms with Gasteiger partial charge in [0.15, 0.2) is 10.8 Å². The van der Waals surface area contributed by atoms with E-state index in [-0.39, 0.29) is 17.6 Å². The lowest BCUT2D eigenvalue weighted by Crippen LogP contribution is -2.27. The number of hydrogen-bond acceptors (Lipinski definition) is 6. The first-order valence-corrected chi connectivity index (χ1v) is 6.18. The first-order chi connectivity index (χ1) is 8.11. The lowest BCUT2D eigenvalue weighted by atomic mass is 10.3. The van der Waals surface area contributed by atoms with E-state index in [1.54, 1.807) is 12.3 Å². The van der Waals surface area contributed by atoms with Crippen LogP contribution < -0.4 is 10.6 Å². The maximum Gasteiger partial charge on any atom is 0.357 e. The molecule has 2 heterocycles. The molecule has 1 fully saturated rings. The van der Waals surface area contributed by atoms with Crippen molar-refractivity contribution >= 4 is 28.3 Å². The van der Waals surface area contributed by atoms with Gasteiger partial charge in [-0.3, -0.25) is 9.69 Å². The molecule has 0 radical (unpaired) electrons. The second kappa shape index (κ2) is 4.80.